The van der Waals surface area contributed by atoms with Crippen molar-refractivity contribution < 1.29 is 0 Å². The Morgan fingerprint density at radius 3 is 2.88 bits per heavy atom. The standard InChI is InChI=1S/C10H15N5S/c1-4-15-6-8(5-12-15)9(11-3)10-7(2)13-14-16-10/h5-6,9,11H,4H2,1-3H3. The van der Waals surface area contributed by atoms with Gasteiger partial charge in [-0.1, -0.05) is 4.49 Å². The van der Waals surface area contributed by atoms with Crippen LogP contribution in [0.4, 0.5) is 0 Å². The molecule has 1 atom stereocenters. The molecular weight excluding hydrogens is 222 g/mol. The van der Waals surface area contributed by atoms with Crippen molar-refractivity contribution in [1.29, 1.82) is 0 Å². The lowest BCUT2D eigenvalue weighted by atomic mass is 10.1. The van der Waals surface area contributed by atoms with Gasteiger partial charge in [0, 0.05) is 18.3 Å². The first-order valence-electron chi connectivity index (χ1n) is 5.24. The molecule has 0 bridgehead atoms. The lowest BCUT2D eigenvalue weighted by Crippen LogP contribution is -2.16. The minimum atomic E-state index is 0.139. The van der Waals surface area contributed by atoms with Crippen molar-refractivity contribution >= 4 is 11.5 Å². The summed E-state index contributed by atoms with van der Waals surface area (Å²) in [6, 6.07) is 0.139. The number of aryl methyl sites for hydroxylation is 2. The van der Waals surface area contributed by atoms with Gasteiger partial charge >= 0.3 is 0 Å². The van der Waals surface area contributed by atoms with Gasteiger partial charge in [-0.05, 0) is 32.4 Å². The number of nitrogens with one attached hydrogen (secondary N) is 1. The predicted molar refractivity (Wildman–Crippen MR) is 63.4 cm³/mol. The van der Waals surface area contributed by atoms with Crippen LogP contribution < -0.4 is 5.32 Å². The molecule has 16 heavy (non-hydrogen) atoms. The van der Waals surface area contributed by atoms with E-state index < -0.39 is 0 Å². The summed E-state index contributed by atoms with van der Waals surface area (Å²) in [5.74, 6) is 0. The van der Waals surface area contributed by atoms with Crippen LogP contribution in [0.15, 0.2) is 12.4 Å². The molecule has 5 nitrogen and oxygen atoms in total. The second-order valence-electron chi connectivity index (χ2n) is 3.57. The van der Waals surface area contributed by atoms with E-state index in [0.717, 1.165) is 22.7 Å². The van der Waals surface area contributed by atoms with Crippen molar-refractivity contribution in [2.45, 2.75) is 26.4 Å². The zero-order chi connectivity index (χ0) is 11.5. The molecule has 0 fully saturated rings. The monoisotopic (exact) mass is 237 g/mol. The quantitative estimate of drug-likeness (QED) is 0.872. The van der Waals surface area contributed by atoms with Gasteiger partial charge in [0.05, 0.1) is 22.8 Å². The van der Waals surface area contributed by atoms with E-state index in [1.807, 2.05) is 24.9 Å². The van der Waals surface area contributed by atoms with Crippen molar-refractivity contribution in [1.82, 2.24) is 24.7 Å². The molecule has 1 unspecified atom stereocenters. The maximum Gasteiger partial charge on any atom is 0.0776 e. The number of nitrogens with zero attached hydrogens (tertiary/aromatic N) is 4. The maximum atomic E-state index is 4.28. The maximum absolute atomic E-state index is 4.28. The molecular formula is C10H15N5S. The third-order valence-corrected chi connectivity index (χ3v) is 3.44. The second-order valence-corrected chi connectivity index (χ2v) is 4.36. The van der Waals surface area contributed by atoms with Gasteiger partial charge in [-0.25, -0.2) is 0 Å². The summed E-state index contributed by atoms with van der Waals surface area (Å²) in [6.07, 6.45) is 3.95. The zero-order valence-corrected chi connectivity index (χ0v) is 10.5. The molecule has 0 spiro atoms. The Labute approximate surface area is 98.7 Å². The largest absolute Gasteiger partial charge is 0.308 e. The molecule has 86 valence electrons. The summed E-state index contributed by atoms with van der Waals surface area (Å²) in [7, 11) is 1.94. The van der Waals surface area contributed by atoms with Crippen LogP contribution in [0, 0.1) is 6.92 Å². The molecule has 0 aliphatic carbocycles. The highest BCUT2D eigenvalue weighted by atomic mass is 32.1. The minimum Gasteiger partial charge on any atom is -0.308 e. The van der Waals surface area contributed by atoms with Gasteiger partial charge in [0.25, 0.3) is 0 Å². The van der Waals surface area contributed by atoms with Gasteiger partial charge in [0.1, 0.15) is 0 Å². The van der Waals surface area contributed by atoms with Crippen molar-refractivity contribution in [2.24, 2.45) is 0 Å². The molecule has 0 saturated heterocycles. The van der Waals surface area contributed by atoms with E-state index in [1.165, 1.54) is 11.5 Å². The van der Waals surface area contributed by atoms with Crippen molar-refractivity contribution in [3.05, 3.63) is 28.5 Å². The first kappa shape index (κ1) is 11.2. The molecule has 0 aliphatic heterocycles. The van der Waals surface area contributed by atoms with Crippen molar-refractivity contribution in [3.8, 4) is 0 Å². The van der Waals surface area contributed by atoms with E-state index in [2.05, 4.69) is 33.1 Å². The molecule has 1 N–H and O–H groups in total. The van der Waals surface area contributed by atoms with Crippen LogP contribution in [-0.2, 0) is 6.54 Å². The fraction of sp³-hybridized carbons (Fsp3) is 0.500. The highest BCUT2D eigenvalue weighted by Gasteiger charge is 2.18. The van der Waals surface area contributed by atoms with Crippen molar-refractivity contribution in [3.63, 3.8) is 0 Å². The molecule has 0 amide bonds. The van der Waals surface area contributed by atoms with Crippen LogP contribution in [0.3, 0.4) is 0 Å². The summed E-state index contributed by atoms with van der Waals surface area (Å²) in [4.78, 5) is 1.15. The Balaban J connectivity index is 2.32. The Hall–Kier alpha value is -1.27. The average Bonchev–Trinajstić information content (AvgIpc) is 2.90. The normalized spacial score (nSPS) is 12.9. The number of hydrogen-bond donors (Lipinski definition) is 1. The van der Waals surface area contributed by atoms with Crippen LogP contribution in [0.1, 0.15) is 29.1 Å². The Morgan fingerprint density at radius 2 is 2.38 bits per heavy atom. The van der Waals surface area contributed by atoms with Crippen LogP contribution >= 0.6 is 11.5 Å². The van der Waals surface area contributed by atoms with E-state index in [9.17, 15) is 0 Å². The molecule has 2 rings (SSSR count). The topological polar surface area (TPSA) is 55.6 Å². The number of rotatable bonds is 4. The predicted octanol–water partition coefficient (Wildman–Crippen LogP) is 1.37. The van der Waals surface area contributed by atoms with Gasteiger partial charge in [0.15, 0.2) is 0 Å². The fourth-order valence-corrected chi connectivity index (χ4v) is 2.44. The zero-order valence-electron chi connectivity index (χ0n) is 9.64. The van der Waals surface area contributed by atoms with E-state index in [-0.39, 0.29) is 6.04 Å². The van der Waals surface area contributed by atoms with Gasteiger partial charge in [0.2, 0.25) is 0 Å². The highest BCUT2D eigenvalue weighted by Crippen LogP contribution is 2.25. The van der Waals surface area contributed by atoms with Gasteiger partial charge < -0.3 is 5.32 Å². The van der Waals surface area contributed by atoms with Crippen LogP contribution in [-0.4, -0.2) is 26.4 Å². The fourth-order valence-electron chi connectivity index (χ4n) is 1.65. The lowest BCUT2D eigenvalue weighted by Gasteiger charge is -2.11. The van der Waals surface area contributed by atoms with Crippen LogP contribution in [0.25, 0.3) is 0 Å². The molecule has 6 heteroatoms. The average molecular weight is 237 g/mol. The van der Waals surface area contributed by atoms with Gasteiger partial charge in [-0.15, -0.1) is 5.10 Å². The van der Waals surface area contributed by atoms with E-state index in [0.29, 0.717) is 0 Å². The third kappa shape index (κ3) is 1.98. The summed E-state index contributed by atoms with van der Waals surface area (Å²) in [5, 5.41) is 11.6. The summed E-state index contributed by atoms with van der Waals surface area (Å²) in [5.41, 5.74) is 2.13. The van der Waals surface area contributed by atoms with Gasteiger partial charge in [-0.2, -0.15) is 5.10 Å². The molecule has 0 saturated carbocycles. The summed E-state index contributed by atoms with van der Waals surface area (Å²) >= 11 is 1.43. The summed E-state index contributed by atoms with van der Waals surface area (Å²) in [6.45, 7) is 4.94. The van der Waals surface area contributed by atoms with E-state index in [1.54, 1.807) is 0 Å². The number of hydrogen-bond acceptors (Lipinski definition) is 5. The van der Waals surface area contributed by atoms with Crippen LogP contribution in [0.2, 0.25) is 0 Å². The first-order chi connectivity index (χ1) is 7.76. The lowest BCUT2D eigenvalue weighted by molar-refractivity contribution is 0.654. The molecule has 0 aromatic carbocycles. The Bertz CT molecular complexity index is 461. The summed E-state index contributed by atoms with van der Waals surface area (Å²) < 4.78 is 5.89. The molecule has 0 radical (unpaired) electrons. The first-order valence-corrected chi connectivity index (χ1v) is 6.02. The second kappa shape index (κ2) is 4.71. The third-order valence-electron chi connectivity index (χ3n) is 2.55. The molecule has 0 aliphatic rings. The Morgan fingerprint density at radius 1 is 1.56 bits per heavy atom. The minimum absolute atomic E-state index is 0.139. The van der Waals surface area contributed by atoms with Gasteiger partial charge in [-0.3, -0.25) is 4.68 Å². The highest BCUT2D eigenvalue weighted by molar-refractivity contribution is 7.05. The SMILES string of the molecule is CCn1cc(C(NC)c2snnc2C)cn1. The number of aromatic nitrogens is 4. The Kier molecular flexibility index (Phi) is 3.31. The van der Waals surface area contributed by atoms with Crippen LogP contribution in [0.5, 0.6) is 0 Å². The molecule has 2 aromatic rings. The smallest absolute Gasteiger partial charge is 0.0776 e. The van der Waals surface area contributed by atoms with E-state index >= 15 is 0 Å². The van der Waals surface area contributed by atoms with E-state index in [4.69, 9.17) is 0 Å². The molecule has 2 aromatic heterocycles. The van der Waals surface area contributed by atoms with Crippen molar-refractivity contribution in [2.75, 3.05) is 7.05 Å². The molecule has 2 heterocycles.